The van der Waals surface area contributed by atoms with Crippen molar-refractivity contribution in [3.05, 3.63) is 52.0 Å². The fourth-order valence-electron chi connectivity index (χ4n) is 2.99. The summed E-state index contributed by atoms with van der Waals surface area (Å²) < 4.78 is 5.38. The molecule has 0 unspecified atom stereocenters. The first kappa shape index (κ1) is 19.8. The molecule has 0 aliphatic carbocycles. The van der Waals surface area contributed by atoms with Gasteiger partial charge in [-0.15, -0.1) is 11.3 Å². The van der Waals surface area contributed by atoms with Crippen molar-refractivity contribution < 1.29 is 4.74 Å². The number of hydrogen-bond acceptors (Lipinski definition) is 5. The third kappa shape index (κ3) is 6.93. The Morgan fingerprint density at radius 3 is 2.78 bits per heavy atom. The van der Waals surface area contributed by atoms with Crippen LogP contribution in [-0.2, 0) is 24.1 Å². The minimum Gasteiger partial charge on any atom is -0.379 e. The van der Waals surface area contributed by atoms with E-state index in [9.17, 15) is 0 Å². The number of benzene rings is 1. The van der Waals surface area contributed by atoms with Crippen molar-refractivity contribution in [1.29, 1.82) is 0 Å². The zero-order chi connectivity index (χ0) is 18.7. The molecule has 3 rings (SSSR count). The first-order valence-corrected chi connectivity index (χ1v) is 10.4. The maximum atomic E-state index is 5.38. The summed E-state index contributed by atoms with van der Waals surface area (Å²) in [4.78, 5) is 11.4. The van der Waals surface area contributed by atoms with Crippen LogP contribution in [-0.4, -0.2) is 62.3 Å². The van der Waals surface area contributed by atoms with E-state index < -0.39 is 0 Å². The van der Waals surface area contributed by atoms with Crippen molar-refractivity contribution >= 4 is 17.3 Å². The largest absolute Gasteiger partial charge is 0.379 e. The van der Waals surface area contributed by atoms with Gasteiger partial charge in [0.25, 0.3) is 0 Å². The minimum absolute atomic E-state index is 0.694. The highest BCUT2D eigenvalue weighted by molar-refractivity contribution is 7.09. The summed E-state index contributed by atoms with van der Waals surface area (Å²) in [6, 6.07) is 10.6. The first-order chi connectivity index (χ1) is 13.3. The van der Waals surface area contributed by atoms with E-state index in [1.165, 1.54) is 10.6 Å². The molecule has 0 radical (unpaired) electrons. The summed E-state index contributed by atoms with van der Waals surface area (Å²) in [5.74, 6) is 0.821. The number of hydrogen-bond donors (Lipinski definition) is 2. The van der Waals surface area contributed by atoms with Crippen LogP contribution < -0.4 is 10.6 Å². The highest BCUT2D eigenvalue weighted by Gasteiger charge is 2.10. The van der Waals surface area contributed by atoms with Gasteiger partial charge < -0.3 is 15.4 Å². The monoisotopic (exact) mass is 387 g/mol. The van der Waals surface area contributed by atoms with Gasteiger partial charge in [-0.25, -0.2) is 4.98 Å². The third-order valence-corrected chi connectivity index (χ3v) is 5.51. The van der Waals surface area contributed by atoms with Gasteiger partial charge in [0, 0.05) is 45.0 Å². The number of aliphatic imine (C=N–C) groups is 1. The van der Waals surface area contributed by atoms with Crippen molar-refractivity contribution in [2.45, 2.75) is 19.4 Å². The molecule has 0 atom stereocenters. The minimum atomic E-state index is 0.694. The molecule has 0 amide bonds. The van der Waals surface area contributed by atoms with Crippen LogP contribution in [0.5, 0.6) is 0 Å². The Bertz CT molecular complexity index is 697. The summed E-state index contributed by atoms with van der Waals surface area (Å²) in [5, 5.41) is 10.0. The van der Waals surface area contributed by atoms with Crippen molar-refractivity contribution in [1.82, 2.24) is 20.5 Å². The number of ether oxygens (including phenoxy) is 1. The number of nitrogens with zero attached hydrogens (tertiary/aromatic N) is 3. The second-order valence-corrected chi connectivity index (χ2v) is 7.47. The maximum Gasteiger partial charge on any atom is 0.191 e. The molecular formula is C20H29N5OS. The predicted molar refractivity (Wildman–Crippen MR) is 111 cm³/mol. The van der Waals surface area contributed by atoms with Crippen LogP contribution in [0.2, 0.25) is 0 Å². The molecule has 1 aromatic carbocycles. The Hall–Kier alpha value is -1.96. The molecule has 7 heteroatoms. The highest BCUT2D eigenvalue weighted by atomic mass is 32.1. The Morgan fingerprint density at radius 1 is 1.19 bits per heavy atom. The van der Waals surface area contributed by atoms with Crippen LogP contribution in [0.1, 0.15) is 16.3 Å². The van der Waals surface area contributed by atoms with Crippen molar-refractivity contribution in [3.63, 3.8) is 0 Å². The lowest BCUT2D eigenvalue weighted by molar-refractivity contribution is 0.0389. The lowest BCUT2D eigenvalue weighted by atomic mass is 10.1. The SMILES string of the molecule is CN=C(NCCN1CCOCC1)NCc1csc(CCc2ccccc2)n1. The Kier molecular flexibility index (Phi) is 8.07. The Labute approximate surface area is 165 Å². The zero-order valence-electron chi connectivity index (χ0n) is 16.0. The van der Waals surface area contributed by atoms with Crippen LogP contribution in [0, 0.1) is 0 Å². The molecule has 2 aromatic rings. The molecule has 27 heavy (non-hydrogen) atoms. The molecule has 2 heterocycles. The molecule has 2 N–H and O–H groups in total. The molecule has 1 fully saturated rings. The van der Waals surface area contributed by atoms with E-state index in [4.69, 9.17) is 9.72 Å². The van der Waals surface area contributed by atoms with Crippen LogP contribution in [0.3, 0.4) is 0 Å². The molecule has 0 saturated carbocycles. The van der Waals surface area contributed by atoms with E-state index in [-0.39, 0.29) is 0 Å². The lowest BCUT2D eigenvalue weighted by Gasteiger charge is -2.26. The number of guanidine groups is 1. The number of morpholine rings is 1. The maximum absolute atomic E-state index is 5.38. The average molecular weight is 388 g/mol. The highest BCUT2D eigenvalue weighted by Crippen LogP contribution is 2.13. The Balaban J connectivity index is 1.36. The van der Waals surface area contributed by atoms with Gasteiger partial charge in [-0.3, -0.25) is 9.89 Å². The fourth-order valence-corrected chi connectivity index (χ4v) is 3.79. The van der Waals surface area contributed by atoms with Gasteiger partial charge in [-0.2, -0.15) is 0 Å². The van der Waals surface area contributed by atoms with Crippen molar-refractivity contribution in [2.24, 2.45) is 4.99 Å². The van der Waals surface area contributed by atoms with E-state index >= 15 is 0 Å². The number of aromatic nitrogens is 1. The van der Waals surface area contributed by atoms with Gasteiger partial charge in [0.1, 0.15) is 0 Å². The second kappa shape index (κ2) is 11.0. The van der Waals surface area contributed by atoms with Crippen LogP contribution in [0.4, 0.5) is 0 Å². The normalized spacial score (nSPS) is 15.7. The summed E-state index contributed by atoms with van der Waals surface area (Å²) in [5.41, 5.74) is 2.43. The van der Waals surface area contributed by atoms with Crippen molar-refractivity contribution in [3.8, 4) is 0 Å². The Morgan fingerprint density at radius 2 is 2.00 bits per heavy atom. The van der Waals surface area contributed by atoms with Gasteiger partial charge in [0.15, 0.2) is 5.96 Å². The number of nitrogens with one attached hydrogen (secondary N) is 2. The molecule has 6 nitrogen and oxygen atoms in total. The van der Waals surface area contributed by atoms with Crippen LogP contribution >= 0.6 is 11.3 Å². The third-order valence-electron chi connectivity index (χ3n) is 4.55. The van der Waals surface area contributed by atoms with E-state index in [0.717, 1.165) is 63.9 Å². The predicted octanol–water partition coefficient (Wildman–Crippen LogP) is 1.93. The van der Waals surface area contributed by atoms with Gasteiger partial charge in [-0.05, 0) is 12.0 Å². The van der Waals surface area contributed by atoms with Crippen LogP contribution in [0.25, 0.3) is 0 Å². The summed E-state index contributed by atoms with van der Waals surface area (Å²) >= 11 is 1.73. The van der Waals surface area contributed by atoms with E-state index in [1.54, 1.807) is 18.4 Å². The quantitative estimate of drug-likeness (QED) is 0.535. The topological polar surface area (TPSA) is 61.8 Å². The number of aryl methyl sites for hydroxylation is 2. The van der Waals surface area contributed by atoms with Crippen molar-refractivity contribution in [2.75, 3.05) is 46.4 Å². The van der Waals surface area contributed by atoms with E-state index in [1.807, 2.05) is 0 Å². The standard InChI is InChI=1S/C20H29N5OS/c1-21-20(22-9-10-25-11-13-26-14-12-25)23-15-18-16-27-19(24-18)8-7-17-5-3-2-4-6-17/h2-6,16H,7-15H2,1H3,(H2,21,22,23). The molecular weight excluding hydrogens is 358 g/mol. The molecule has 1 aliphatic rings. The van der Waals surface area contributed by atoms with Gasteiger partial charge in [0.2, 0.25) is 0 Å². The van der Waals surface area contributed by atoms with E-state index in [0.29, 0.717) is 6.54 Å². The second-order valence-electron chi connectivity index (χ2n) is 6.52. The molecule has 1 saturated heterocycles. The summed E-state index contributed by atoms with van der Waals surface area (Å²) in [6.45, 7) is 6.27. The molecule has 0 spiro atoms. The van der Waals surface area contributed by atoms with E-state index in [2.05, 4.69) is 56.2 Å². The molecule has 146 valence electrons. The lowest BCUT2D eigenvalue weighted by Crippen LogP contribution is -2.44. The number of rotatable bonds is 8. The van der Waals surface area contributed by atoms with Gasteiger partial charge >= 0.3 is 0 Å². The first-order valence-electron chi connectivity index (χ1n) is 9.55. The average Bonchev–Trinajstić information content (AvgIpc) is 3.18. The molecule has 1 aromatic heterocycles. The number of thiazole rings is 1. The van der Waals surface area contributed by atoms with Crippen LogP contribution in [0.15, 0.2) is 40.7 Å². The molecule has 0 bridgehead atoms. The smallest absolute Gasteiger partial charge is 0.191 e. The molecule has 1 aliphatic heterocycles. The fraction of sp³-hybridized carbons (Fsp3) is 0.500. The summed E-state index contributed by atoms with van der Waals surface area (Å²) in [7, 11) is 1.80. The zero-order valence-corrected chi connectivity index (χ0v) is 16.8. The van der Waals surface area contributed by atoms with Gasteiger partial charge in [0.05, 0.1) is 30.5 Å². The summed E-state index contributed by atoms with van der Waals surface area (Å²) in [6.07, 6.45) is 2.02. The van der Waals surface area contributed by atoms with Gasteiger partial charge in [-0.1, -0.05) is 30.3 Å².